The Kier molecular flexibility index (Phi) is 6.48. The van der Waals surface area contributed by atoms with Gasteiger partial charge in [0.05, 0.1) is 4.90 Å². The van der Waals surface area contributed by atoms with Crippen LogP contribution in [-0.4, -0.2) is 56.6 Å². The summed E-state index contributed by atoms with van der Waals surface area (Å²) in [5, 5.41) is 0.732. The SMILES string of the molecule is CS(=O)(=O)c1cccc(C(=O)N2CCN(Cc3ccc(-c4cccc(Cl)c4)s3)CC2)c1. The summed E-state index contributed by atoms with van der Waals surface area (Å²) in [4.78, 5) is 19.6. The second kappa shape index (κ2) is 9.12. The molecule has 0 N–H and O–H groups in total. The van der Waals surface area contributed by atoms with Gasteiger partial charge in [-0.1, -0.05) is 29.8 Å². The summed E-state index contributed by atoms with van der Waals surface area (Å²) in [5.74, 6) is -0.121. The molecule has 1 saturated heterocycles. The van der Waals surface area contributed by atoms with Gasteiger partial charge >= 0.3 is 0 Å². The van der Waals surface area contributed by atoms with Gasteiger partial charge in [0, 0.05) is 59.3 Å². The van der Waals surface area contributed by atoms with E-state index in [1.807, 2.05) is 18.2 Å². The fourth-order valence-corrected chi connectivity index (χ4v) is 5.54. The second-order valence-electron chi connectivity index (χ2n) is 7.64. The fraction of sp³-hybridized carbons (Fsp3) is 0.261. The van der Waals surface area contributed by atoms with E-state index in [4.69, 9.17) is 11.6 Å². The Hall–Kier alpha value is -2.19. The number of hydrogen-bond acceptors (Lipinski definition) is 5. The average molecular weight is 475 g/mol. The van der Waals surface area contributed by atoms with E-state index in [1.54, 1.807) is 28.4 Å². The van der Waals surface area contributed by atoms with Crippen LogP contribution in [0.1, 0.15) is 15.2 Å². The van der Waals surface area contributed by atoms with Crippen molar-refractivity contribution in [2.45, 2.75) is 11.4 Å². The Morgan fingerprint density at radius 3 is 2.45 bits per heavy atom. The van der Waals surface area contributed by atoms with Crippen molar-refractivity contribution in [2.24, 2.45) is 0 Å². The Bertz CT molecular complexity index is 1200. The lowest BCUT2D eigenvalue weighted by Crippen LogP contribution is -2.48. The molecule has 0 saturated carbocycles. The third-order valence-corrected chi connectivity index (χ3v) is 7.78. The van der Waals surface area contributed by atoms with Gasteiger partial charge in [-0.15, -0.1) is 11.3 Å². The van der Waals surface area contributed by atoms with Crippen LogP contribution in [0, 0.1) is 0 Å². The molecule has 1 fully saturated rings. The first-order valence-electron chi connectivity index (χ1n) is 9.96. The zero-order chi connectivity index (χ0) is 22.0. The van der Waals surface area contributed by atoms with Gasteiger partial charge in [0.2, 0.25) is 0 Å². The van der Waals surface area contributed by atoms with E-state index in [1.165, 1.54) is 21.9 Å². The lowest BCUT2D eigenvalue weighted by molar-refractivity contribution is 0.0629. The van der Waals surface area contributed by atoms with Gasteiger partial charge in [-0.25, -0.2) is 8.42 Å². The Labute approximate surface area is 191 Å². The lowest BCUT2D eigenvalue weighted by Gasteiger charge is -2.34. The molecule has 0 unspecified atom stereocenters. The monoisotopic (exact) mass is 474 g/mol. The molecule has 4 rings (SSSR count). The highest BCUT2D eigenvalue weighted by atomic mass is 35.5. The summed E-state index contributed by atoms with van der Waals surface area (Å²) in [6.45, 7) is 3.64. The molecule has 8 heteroatoms. The van der Waals surface area contributed by atoms with Crippen LogP contribution in [0.3, 0.4) is 0 Å². The quantitative estimate of drug-likeness (QED) is 0.549. The molecular weight excluding hydrogens is 452 g/mol. The van der Waals surface area contributed by atoms with Gasteiger partial charge in [0.1, 0.15) is 0 Å². The molecule has 1 aromatic heterocycles. The molecule has 0 spiro atoms. The number of piperazine rings is 1. The Balaban J connectivity index is 1.36. The predicted molar refractivity (Wildman–Crippen MR) is 125 cm³/mol. The van der Waals surface area contributed by atoms with Crippen molar-refractivity contribution in [1.82, 2.24) is 9.80 Å². The number of rotatable bonds is 5. The largest absolute Gasteiger partial charge is 0.336 e. The minimum atomic E-state index is -3.34. The first-order valence-corrected chi connectivity index (χ1v) is 13.0. The van der Waals surface area contributed by atoms with Gasteiger partial charge in [-0.05, 0) is 48.0 Å². The van der Waals surface area contributed by atoms with Gasteiger partial charge < -0.3 is 4.90 Å². The molecule has 2 heterocycles. The molecule has 1 aliphatic rings. The molecule has 0 bridgehead atoms. The van der Waals surface area contributed by atoms with Crippen LogP contribution in [-0.2, 0) is 16.4 Å². The fourth-order valence-electron chi connectivity index (χ4n) is 3.63. The van der Waals surface area contributed by atoms with Gasteiger partial charge in [0.15, 0.2) is 9.84 Å². The van der Waals surface area contributed by atoms with Gasteiger partial charge in [-0.2, -0.15) is 0 Å². The van der Waals surface area contributed by atoms with E-state index in [0.717, 1.165) is 36.5 Å². The zero-order valence-electron chi connectivity index (χ0n) is 17.1. The number of nitrogens with zero attached hydrogens (tertiary/aromatic N) is 2. The van der Waals surface area contributed by atoms with Crippen LogP contribution in [0.25, 0.3) is 10.4 Å². The van der Waals surface area contributed by atoms with Crippen LogP contribution in [0.15, 0.2) is 65.6 Å². The first-order chi connectivity index (χ1) is 14.8. The minimum Gasteiger partial charge on any atom is -0.336 e. The number of hydrogen-bond donors (Lipinski definition) is 0. The highest BCUT2D eigenvalue weighted by molar-refractivity contribution is 7.90. The van der Waals surface area contributed by atoms with Crippen LogP contribution >= 0.6 is 22.9 Å². The summed E-state index contributed by atoms with van der Waals surface area (Å²) >= 11 is 7.86. The van der Waals surface area contributed by atoms with Crippen molar-refractivity contribution >= 4 is 38.7 Å². The first kappa shape index (κ1) is 22.0. The number of sulfone groups is 1. The molecule has 162 valence electrons. The van der Waals surface area contributed by atoms with E-state index in [-0.39, 0.29) is 10.8 Å². The van der Waals surface area contributed by atoms with E-state index in [2.05, 4.69) is 23.1 Å². The topological polar surface area (TPSA) is 57.7 Å². The molecular formula is C23H23ClN2O3S2. The standard InChI is InChI=1S/C23H23ClN2O3S2/c1-31(28,29)21-7-3-5-18(15-21)23(27)26-12-10-25(11-13-26)16-20-8-9-22(30-20)17-4-2-6-19(24)14-17/h2-9,14-15H,10-13,16H2,1H3. The number of benzene rings is 2. The number of thiophene rings is 1. The average Bonchev–Trinajstić information content (AvgIpc) is 3.22. The molecule has 1 amide bonds. The van der Waals surface area contributed by atoms with E-state index in [9.17, 15) is 13.2 Å². The van der Waals surface area contributed by atoms with E-state index < -0.39 is 9.84 Å². The zero-order valence-corrected chi connectivity index (χ0v) is 19.5. The Morgan fingerprint density at radius 2 is 1.74 bits per heavy atom. The van der Waals surface area contributed by atoms with Crippen molar-refractivity contribution in [3.63, 3.8) is 0 Å². The van der Waals surface area contributed by atoms with Crippen molar-refractivity contribution in [1.29, 1.82) is 0 Å². The lowest BCUT2D eigenvalue weighted by atomic mass is 10.2. The van der Waals surface area contributed by atoms with Crippen molar-refractivity contribution in [3.8, 4) is 10.4 Å². The van der Waals surface area contributed by atoms with Crippen molar-refractivity contribution < 1.29 is 13.2 Å². The predicted octanol–water partition coefficient (Wildman–Crippen LogP) is 4.43. The Morgan fingerprint density at radius 1 is 1.00 bits per heavy atom. The number of amides is 1. The summed E-state index contributed by atoms with van der Waals surface area (Å²) in [6.07, 6.45) is 1.15. The molecule has 1 aliphatic heterocycles. The van der Waals surface area contributed by atoms with E-state index in [0.29, 0.717) is 18.7 Å². The summed E-state index contributed by atoms with van der Waals surface area (Å²) in [7, 11) is -3.34. The maximum absolute atomic E-state index is 12.8. The molecule has 2 aromatic carbocycles. The maximum atomic E-state index is 12.8. The number of carbonyl (C=O) groups is 1. The molecule has 5 nitrogen and oxygen atoms in total. The van der Waals surface area contributed by atoms with Crippen LogP contribution in [0.4, 0.5) is 0 Å². The van der Waals surface area contributed by atoms with Crippen molar-refractivity contribution in [2.75, 3.05) is 32.4 Å². The normalized spacial score (nSPS) is 15.2. The van der Waals surface area contributed by atoms with E-state index >= 15 is 0 Å². The molecule has 0 atom stereocenters. The summed E-state index contributed by atoms with van der Waals surface area (Å²) < 4.78 is 23.5. The molecule has 0 aliphatic carbocycles. The van der Waals surface area contributed by atoms with Crippen molar-refractivity contribution in [3.05, 3.63) is 76.1 Å². The third-order valence-electron chi connectivity index (χ3n) is 5.32. The minimum absolute atomic E-state index is 0.121. The highest BCUT2D eigenvalue weighted by Crippen LogP contribution is 2.30. The molecule has 0 radical (unpaired) electrons. The van der Waals surface area contributed by atoms with Crippen LogP contribution in [0.5, 0.6) is 0 Å². The third kappa shape index (κ3) is 5.36. The summed E-state index contributed by atoms with van der Waals surface area (Å²) in [5.41, 5.74) is 1.54. The van der Waals surface area contributed by atoms with Crippen LogP contribution < -0.4 is 0 Å². The van der Waals surface area contributed by atoms with Gasteiger partial charge in [0.25, 0.3) is 5.91 Å². The van der Waals surface area contributed by atoms with Gasteiger partial charge in [-0.3, -0.25) is 9.69 Å². The smallest absolute Gasteiger partial charge is 0.253 e. The summed E-state index contributed by atoms with van der Waals surface area (Å²) in [6, 6.07) is 18.4. The number of carbonyl (C=O) groups excluding carboxylic acids is 1. The molecule has 3 aromatic rings. The van der Waals surface area contributed by atoms with Crippen LogP contribution in [0.2, 0.25) is 5.02 Å². The second-order valence-corrected chi connectivity index (χ2v) is 11.3. The highest BCUT2D eigenvalue weighted by Gasteiger charge is 2.23. The molecule has 31 heavy (non-hydrogen) atoms. The maximum Gasteiger partial charge on any atom is 0.253 e. The number of halogens is 1.